The topological polar surface area (TPSA) is 9.23 Å². The van der Waals surface area contributed by atoms with Gasteiger partial charge in [-0.25, -0.2) is 0 Å². The molecule has 3 aliphatic heterocycles. The number of rotatable bonds is 0. The van der Waals surface area contributed by atoms with Gasteiger partial charge in [-0.2, -0.15) is 11.8 Å². The van der Waals surface area contributed by atoms with Gasteiger partial charge in [0.1, 0.15) is 0 Å². The smallest absolute Gasteiger partial charge is 0.0580 e. The fourth-order valence-electron chi connectivity index (χ4n) is 2.26. The van der Waals surface area contributed by atoms with Crippen LogP contribution in [0.5, 0.6) is 0 Å². The van der Waals surface area contributed by atoms with E-state index >= 15 is 0 Å². The van der Waals surface area contributed by atoms with Gasteiger partial charge in [0.15, 0.2) is 0 Å². The molecular formula is C11H20OS. The average Bonchev–Trinajstić information content (AvgIpc) is 2.85. The summed E-state index contributed by atoms with van der Waals surface area (Å²) in [6.45, 7) is 0. The maximum Gasteiger partial charge on any atom is 0.0580 e. The van der Waals surface area contributed by atoms with Gasteiger partial charge in [-0.1, -0.05) is 6.42 Å². The molecule has 0 aromatic rings. The van der Waals surface area contributed by atoms with E-state index in [0.29, 0.717) is 12.2 Å². The molecule has 2 bridgehead atoms. The molecule has 0 unspecified atom stereocenters. The van der Waals surface area contributed by atoms with Crippen LogP contribution >= 0.6 is 11.8 Å². The molecule has 0 amide bonds. The van der Waals surface area contributed by atoms with Crippen molar-refractivity contribution in [1.82, 2.24) is 0 Å². The van der Waals surface area contributed by atoms with Crippen molar-refractivity contribution in [2.24, 2.45) is 0 Å². The molecule has 3 saturated heterocycles. The van der Waals surface area contributed by atoms with Crippen LogP contribution in [-0.2, 0) is 4.74 Å². The summed E-state index contributed by atoms with van der Waals surface area (Å²) >= 11 is 2.09. The lowest BCUT2D eigenvalue weighted by Gasteiger charge is -2.05. The van der Waals surface area contributed by atoms with E-state index in [0.717, 1.165) is 0 Å². The zero-order chi connectivity index (χ0) is 8.93. The van der Waals surface area contributed by atoms with Crippen LogP contribution in [0.2, 0.25) is 0 Å². The van der Waals surface area contributed by atoms with Crippen LogP contribution in [0, 0.1) is 0 Å². The quantitative estimate of drug-likeness (QED) is 0.594. The normalized spacial score (nSPS) is 36.9. The minimum atomic E-state index is 0.671. The van der Waals surface area contributed by atoms with E-state index in [4.69, 9.17) is 4.74 Å². The van der Waals surface area contributed by atoms with E-state index in [-0.39, 0.29) is 0 Å². The van der Waals surface area contributed by atoms with Gasteiger partial charge in [0.05, 0.1) is 12.2 Å². The highest BCUT2D eigenvalue weighted by Gasteiger charge is 2.31. The Morgan fingerprint density at radius 2 is 1.31 bits per heavy atom. The molecule has 3 fully saturated rings. The standard InChI is InChI=1S/C6H10O.C5H10S/c1-2-6-4-3-5(1)7-6;1-2-4-6-5-3-1/h5-6H,1-4H2;1-5H2. The van der Waals surface area contributed by atoms with E-state index in [2.05, 4.69) is 11.8 Å². The van der Waals surface area contributed by atoms with Crippen molar-refractivity contribution in [3.63, 3.8) is 0 Å². The fourth-order valence-corrected chi connectivity index (χ4v) is 3.28. The lowest BCUT2D eigenvalue weighted by Crippen LogP contribution is -1.98. The second-order valence-corrected chi connectivity index (χ2v) is 5.43. The molecule has 1 nitrogen and oxygen atoms in total. The number of hydrogen-bond donors (Lipinski definition) is 0. The molecule has 13 heavy (non-hydrogen) atoms. The van der Waals surface area contributed by atoms with Gasteiger partial charge in [-0.15, -0.1) is 0 Å². The Kier molecular flexibility index (Phi) is 3.98. The van der Waals surface area contributed by atoms with E-state index in [1.54, 1.807) is 0 Å². The maximum atomic E-state index is 5.47. The minimum Gasteiger partial charge on any atom is -0.375 e. The third-order valence-corrected chi connectivity index (χ3v) is 4.24. The van der Waals surface area contributed by atoms with Crippen molar-refractivity contribution in [3.8, 4) is 0 Å². The summed E-state index contributed by atoms with van der Waals surface area (Å²) in [5, 5.41) is 0. The summed E-state index contributed by atoms with van der Waals surface area (Å²) in [5.74, 6) is 2.83. The molecule has 0 saturated carbocycles. The van der Waals surface area contributed by atoms with Crippen LogP contribution in [0.4, 0.5) is 0 Å². The minimum absolute atomic E-state index is 0.671. The van der Waals surface area contributed by atoms with Gasteiger partial charge in [-0.3, -0.25) is 0 Å². The Morgan fingerprint density at radius 3 is 1.46 bits per heavy atom. The molecule has 3 rings (SSSR count). The molecule has 3 aliphatic rings. The first kappa shape index (κ1) is 9.85. The van der Waals surface area contributed by atoms with Crippen LogP contribution in [0.25, 0.3) is 0 Å². The highest BCUT2D eigenvalue weighted by Crippen LogP contribution is 2.33. The number of thioether (sulfide) groups is 1. The lowest BCUT2D eigenvalue weighted by molar-refractivity contribution is 0.105. The van der Waals surface area contributed by atoms with Crippen LogP contribution in [0.15, 0.2) is 0 Å². The first-order chi connectivity index (χ1) is 6.45. The Hall–Kier alpha value is 0.310. The maximum absolute atomic E-state index is 5.47. The van der Waals surface area contributed by atoms with Gasteiger partial charge in [0.2, 0.25) is 0 Å². The molecule has 0 spiro atoms. The second-order valence-electron chi connectivity index (χ2n) is 4.21. The lowest BCUT2D eigenvalue weighted by atomic mass is 10.0. The molecule has 2 heteroatoms. The van der Waals surface area contributed by atoms with Crippen molar-refractivity contribution in [1.29, 1.82) is 0 Å². The Labute approximate surface area is 85.6 Å². The zero-order valence-electron chi connectivity index (χ0n) is 8.34. The molecular weight excluding hydrogens is 180 g/mol. The van der Waals surface area contributed by atoms with Crippen molar-refractivity contribution in [3.05, 3.63) is 0 Å². The summed E-state index contributed by atoms with van der Waals surface area (Å²) in [4.78, 5) is 0. The molecule has 0 N–H and O–H groups in total. The molecule has 0 aliphatic carbocycles. The Balaban J connectivity index is 0.000000102. The van der Waals surface area contributed by atoms with Crippen molar-refractivity contribution in [2.45, 2.75) is 57.2 Å². The van der Waals surface area contributed by atoms with E-state index in [9.17, 15) is 0 Å². The fraction of sp³-hybridized carbons (Fsp3) is 1.00. The number of fused-ring (bicyclic) bond motifs is 2. The van der Waals surface area contributed by atoms with Crippen molar-refractivity contribution < 1.29 is 4.74 Å². The van der Waals surface area contributed by atoms with Crippen molar-refractivity contribution >= 4 is 11.8 Å². The van der Waals surface area contributed by atoms with Crippen LogP contribution in [0.1, 0.15) is 44.9 Å². The molecule has 3 heterocycles. The summed E-state index contributed by atoms with van der Waals surface area (Å²) in [5.41, 5.74) is 0. The van der Waals surface area contributed by atoms with Crippen molar-refractivity contribution in [2.75, 3.05) is 11.5 Å². The number of hydrogen-bond acceptors (Lipinski definition) is 2. The van der Waals surface area contributed by atoms with Gasteiger partial charge in [-0.05, 0) is 50.0 Å². The molecule has 76 valence electrons. The Bertz CT molecular complexity index is 116. The third-order valence-electron chi connectivity index (χ3n) is 3.08. The molecule has 0 aromatic heterocycles. The average molecular weight is 200 g/mol. The van der Waals surface area contributed by atoms with Crippen LogP contribution < -0.4 is 0 Å². The van der Waals surface area contributed by atoms with Crippen LogP contribution in [-0.4, -0.2) is 23.7 Å². The van der Waals surface area contributed by atoms with Gasteiger partial charge < -0.3 is 4.74 Å². The Morgan fingerprint density at radius 1 is 0.769 bits per heavy atom. The molecule has 0 atom stereocenters. The molecule has 0 aromatic carbocycles. The summed E-state index contributed by atoms with van der Waals surface area (Å²) in [6.07, 6.45) is 11.1. The first-order valence-corrected chi connectivity index (χ1v) is 6.84. The summed E-state index contributed by atoms with van der Waals surface area (Å²) in [6, 6.07) is 0. The SMILES string of the molecule is C1CC2CCC1O2.C1CCSCC1. The van der Waals surface area contributed by atoms with Gasteiger partial charge in [0.25, 0.3) is 0 Å². The number of ether oxygens (including phenoxy) is 1. The zero-order valence-corrected chi connectivity index (χ0v) is 9.15. The van der Waals surface area contributed by atoms with E-state index < -0.39 is 0 Å². The first-order valence-electron chi connectivity index (χ1n) is 5.68. The second kappa shape index (κ2) is 5.26. The largest absolute Gasteiger partial charge is 0.375 e. The highest BCUT2D eigenvalue weighted by molar-refractivity contribution is 7.99. The summed E-state index contributed by atoms with van der Waals surface area (Å²) < 4.78 is 5.47. The van der Waals surface area contributed by atoms with Gasteiger partial charge >= 0.3 is 0 Å². The van der Waals surface area contributed by atoms with Crippen LogP contribution in [0.3, 0.4) is 0 Å². The van der Waals surface area contributed by atoms with E-state index in [1.165, 1.54) is 56.5 Å². The summed E-state index contributed by atoms with van der Waals surface area (Å²) in [7, 11) is 0. The predicted octanol–water partition coefficient (Wildman–Crippen LogP) is 3.23. The van der Waals surface area contributed by atoms with Gasteiger partial charge in [0, 0.05) is 0 Å². The predicted molar refractivity (Wildman–Crippen MR) is 58.3 cm³/mol. The van der Waals surface area contributed by atoms with E-state index in [1.807, 2.05) is 0 Å². The molecule has 0 radical (unpaired) electrons. The third kappa shape index (κ3) is 3.17. The monoisotopic (exact) mass is 200 g/mol. The highest BCUT2D eigenvalue weighted by atomic mass is 32.2.